The van der Waals surface area contributed by atoms with Crippen molar-refractivity contribution in [3.63, 3.8) is 0 Å². The lowest BCUT2D eigenvalue weighted by Crippen LogP contribution is -2.18. The van der Waals surface area contributed by atoms with Crippen molar-refractivity contribution in [1.82, 2.24) is 4.83 Å². The third kappa shape index (κ3) is 4.73. The van der Waals surface area contributed by atoms with Gasteiger partial charge in [-0.15, -0.1) is 0 Å². The Hall–Kier alpha value is -2.54. The van der Waals surface area contributed by atoms with E-state index in [0.717, 1.165) is 5.56 Å². The molecule has 6 nitrogen and oxygen atoms in total. The maximum absolute atomic E-state index is 12.2. The van der Waals surface area contributed by atoms with Gasteiger partial charge in [0.25, 0.3) is 10.0 Å². The van der Waals surface area contributed by atoms with Gasteiger partial charge in [0, 0.05) is 5.56 Å². The number of phenolic OH excluding ortho intramolecular Hbond substituents is 1. The van der Waals surface area contributed by atoms with Gasteiger partial charge in [0.1, 0.15) is 0 Å². The van der Waals surface area contributed by atoms with E-state index in [1.165, 1.54) is 6.21 Å². The highest BCUT2D eigenvalue weighted by molar-refractivity contribution is 7.89. The molecule has 0 heterocycles. The summed E-state index contributed by atoms with van der Waals surface area (Å²) in [5, 5.41) is 13.8. The van der Waals surface area contributed by atoms with Crippen molar-refractivity contribution in [2.45, 2.75) is 31.6 Å². The average molecular weight is 362 g/mol. The van der Waals surface area contributed by atoms with Crippen LogP contribution < -0.4 is 9.57 Å². The largest absolute Gasteiger partial charge is 0.504 e. The Balaban J connectivity index is 2.14. The van der Waals surface area contributed by atoms with Crippen molar-refractivity contribution in [1.29, 1.82) is 0 Å². The topological polar surface area (TPSA) is 88.0 Å². The van der Waals surface area contributed by atoms with Crippen LogP contribution in [-0.4, -0.2) is 26.3 Å². The van der Waals surface area contributed by atoms with Crippen molar-refractivity contribution >= 4 is 16.2 Å². The second-order valence-corrected chi connectivity index (χ2v) is 7.36. The molecule has 0 fully saturated rings. The van der Waals surface area contributed by atoms with Crippen molar-refractivity contribution < 1.29 is 18.3 Å². The molecule has 0 aliphatic heterocycles. The Kier molecular flexibility index (Phi) is 6.03. The van der Waals surface area contributed by atoms with Gasteiger partial charge in [-0.25, -0.2) is 4.83 Å². The maximum atomic E-state index is 12.2. The van der Waals surface area contributed by atoms with Crippen LogP contribution in [0, 0.1) is 0 Å². The van der Waals surface area contributed by atoms with E-state index >= 15 is 0 Å². The molecule has 2 aromatic rings. The molecule has 2 aromatic carbocycles. The SMILES string of the molecule is CCOc1cccc(/C=N\NS(=O)(=O)c2ccc(C(C)C)cc2)c1O. The quantitative estimate of drug-likeness (QED) is 0.585. The summed E-state index contributed by atoms with van der Waals surface area (Å²) in [6, 6.07) is 11.6. The fraction of sp³-hybridized carbons (Fsp3) is 0.278. The molecule has 2 rings (SSSR count). The zero-order valence-electron chi connectivity index (χ0n) is 14.4. The second kappa shape index (κ2) is 8.02. The molecule has 0 saturated heterocycles. The second-order valence-electron chi connectivity index (χ2n) is 5.70. The number of phenols is 1. The number of rotatable bonds is 7. The number of hydrogen-bond acceptors (Lipinski definition) is 5. The molecule has 7 heteroatoms. The van der Waals surface area contributed by atoms with Gasteiger partial charge >= 0.3 is 0 Å². The summed E-state index contributed by atoms with van der Waals surface area (Å²) in [4.78, 5) is 2.27. The van der Waals surface area contributed by atoms with Crippen LogP contribution in [-0.2, 0) is 10.0 Å². The lowest BCUT2D eigenvalue weighted by Gasteiger charge is -2.08. The van der Waals surface area contributed by atoms with Crippen molar-refractivity contribution in [3.8, 4) is 11.5 Å². The van der Waals surface area contributed by atoms with Crippen LogP contribution in [0.25, 0.3) is 0 Å². The molecule has 2 N–H and O–H groups in total. The summed E-state index contributed by atoms with van der Waals surface area (Å²) in [6.07, 6.45) is 1.23. The van der Waals surface area contributed by atoms with Gasteiger partial charge in [-0.05, 0) is 42.7 Å². The first-order chi connectivity index (χ1) is 11.8. The summed E-state index contributed by atoms with van der Waals surface area (Å²) in [6.45, 7) is 6.29. The van der Waals surface area contributed by atoms with Crippen molar-refractivity contribution in [2.24, 2.45) is 5.10 Å². The van der Waals surface area contributed by atoms with Gasteiger partial charge in [0.2, 0.25) is 0 Å². The first-order valence-corrected chi connectivity index (χ1v) is 9.43. The van der Waals surface area contributed by atoms with Gasteiger partial charge in [-0.3, -0.25) is 0 Å². The number of para-hydroxylation sites is 1. The Bertz CT molecular complexity index is 844. The molecule has 0 aliphatic rings. The van der Waals surface area contributed by atoms with Crippen LogP contribution in [0.1, 0.15) is 37.8 Å². The van der Waals surface area contributed by atoms with E-state index in [1.807, 2.05) is 13.8 Å². The molecular formula is C18H22N2O4S. The predicted molar refractivity (Wildman–Crippen MR) is 97.7 cm³/mol. The molecule has 0 amide bonds. The summed E-state index contributed by atoms with van der Waals surface area (Å²) in [7, 11) is -3.77. The highest BCUT2D eigenvalue weighted by Gasteiger charge is 2.13. The fourth-order valence-electron chi connectivity index (χ4n) is 2.17. The maximum Gasteiger partial charge on any atom is 0.276 e. The van der Waals surface area contributed by atoms with Crippen molar-refractivity contribution in [3.05, 3.63) is 53.6 Å². The van der Waals surface area contributed by atoms with E-state index in [2.05, 4.69) is 9.93 Å². The highest BCUT2D eigenvalue weighted by Crippen LogP contribution is 2.28. The van der Waals surface area contributed by atoms with Crippen LogP contribution in [0.2, 0.25) is 0 Å². The van der Waals surface area contributed by atoms with E-state index in [-0.39, 0.29) is 10.6 Å². The van der Waals surface area contributed by atoms with E-state index in [1.54, 1.807) is 49.4 Å². The third-order valence-corrected chi connectivity index (χ3v) is 4.80. The summed E-state index contributed by atoms with van der Waals surface area (Å²) in [5.41, 5.74) is 1.41. The first kappa shape index (κ1) is 18.8. The molecule has 0 unspecified atom stereocenters. The number of nitrogens with zero attached hydrogens (tertiary/aromatic N) is 1. The molecule has 25 heavy (non-hydrogen) atoms. The number of hydrogen-bond donors (Lipinski definition) is 2. The standard InChI is InChI=1S/C18H22N2O4S/c1-4-24-17-7-5-6-15(18(17)21)12-19-20-25(22,23)16-10-8-14(9-11-16)13(2)3/h5-13,20-21H,4H2,1-3H3/b19-12-. The number of hydrazone groups is 1. The molecule has 0 bridgehead atoms. The molecule has 0 aromatic heterocycles. The Labute approximate surface area is 148 Å². The summed E-state index contributed by atoms with van der Waals surface area (Å²) in [5.74, 6) is 0.551. The van der Waals surface area contributed by atoms with Crippen LogP contribution in [0.4, 0.5) is 0 Å². The third-order valence-electron chi connectivity index (χ3n) is 3.56. The van der Waals surface area contributed by atoms with Gasteiger partial charge in [-0.1, -0.05) is 32.0 Å². The zero-order valence-corrected chi connectivity index (χ0v) is 15.2. The minimum absolute atomic E-state index is 0.0893. The van der Waals surface area contributed by atoms with Gasteiger partial charge in [0.15, 0.2) is 11.5 Å². The fourth-order valence-corrected chi connectivity index (χ4v) is 2.96. The molecule has 134 valence electrons. The van der Waals surface area contributed by atoms with Crippen LogP contribution >= 0.6 is 0 Å². The van der Waals surface area contributed by atoms with E-state index in [9.17, 15) is 13.5 Å². The van der Waals surface area contributed by atoms with Crippen LogP contribution in [0.15, 0.2) is 52.5 Å². The Morgan fingerprint density at radius 1 is 1.20 bits per heavy atom. The summed E-state index contributed by atoms with van der Waals surface area (Å²) < 4.78 is 29.8. The van der Waals surface area contributed by atoms with Gasteiger partial charge in [0.05, 0.1) is 17.7 Å². The lowest BCUT2D eigenvalue weighted by molar-refractivity contribution is 0.318. The van der Waals surface area contributed by atoms with Crippen LogP contribution in [0.3, 0.4) is 0 Å². The molecular weight excluding hydrogens is 340 g/mol. The van der Waals surface area contributed by atoms with E-state index in [4.69, 9.17) is 4.74 Å². The van der Waals surface area contributed by atoms with Gasteiger partial charge in [-0.2, -0.15) is 13.5 Å². The smallest absolute Gasteiger partial charge is 0.276 e. The minimum Gasteiger partial charge on any atom is -0.504 e. The number of aromatic hydroxyl groups is 1. The Morgan fingerprint density at radius 3 is 2.48 bits per heavy atom. The Morgan fingerprint density at radius 2 is 1.88 bits per heavy atom. The molecule has 0 radical (unpaired) electrons. The number of benzene rings is 2. The van der Waals surface area contributed by atoms with Crippen LogP contribution in [0.5, 0.6) is 11.5 Å². The van der Waals surface area contributed by atoms with E-state index < -0.39 is 10.0 Å². The predicted octanol–water partition coefficient (Wildman–Crippen LogP) is 3.23. The minimum atomic E-state index is -3.77. The normalized spacial score (nSPS) is 11.8. The van der Waals surface area contributed by atoms with E-state index in [0.29, 0.717) is 23.8 Å². The number of ether oxygens (including phenoxy) is 1. The molecule has 0 spiro atoms. The average Bonchev–Trinajstić information content (AvgIpc) is 2.58. The number of nitrogens with one attached hydrogen (secondary N) is 1. The number of sulfonamides is 1. The first-order valence-electron chi connectivity index (χ1n) is 7.94. The highest BCUT2D eigenvalue weighted by atomic mass is 32.2. The lowest BCUT2D eigenvalue weighted by atomic mass is 10.0. The van der Waals surface area contributed by atoms with Gasteiger partial charge < -0.3 is 9.84 Å². The molecule has 0 aliphatic carbocycles. The molecule has 0 atom stereocenters. The zero-order chi connectivity index (χ0) is 18.4. The monoisotopic (exact) mass is 362 g/mol. The summed E-state index contributed by atoms with van der Waals surface area (Å²) >= 11 is 0. The van der Waals surface area contributed by atoms with Crippen molar-refractivity contribution in [2.75, 3.05) is 6.61 Å². The molecule has 0 saturated carbocycles.